The Balaban J connectivity index is 2.50. The smallest absolute Gasteiger partial charge is 0.215 e. The van der Waals surface area contributed by atoms with E-state index in [0.29, 0.717) is 17.7 Å². The number of fused-ring (bicyclic) bond motifs is 1. The normalized spacial score (nSPS) is 12.3. The lowest BCUT2D eigenvalue weighted by molar-refractivity contribution is 0.213. The number of methoxy groups -OCH3 is 1. The number of nitrogen functional groups attached to an aromatic ring is 1. The number of aromatic nitrogens is 3. The SMILES string of the molecule is COc1ccc2nc(N)n(CC(C)(C)C(C)C)c2n1. The van der Waals surface area contributed by atoms with Crippen LogP contribution in [0, 0.1) is 11.3 Å². The molecule has 2 aromatic heterocycles. The first kappa shape index (κ1) is 13.6. The first-order valence-electron chi connectivity index (χ1n) is 6.52. The first-order valence-corrected chi connectivity index (χ1v) is 6.52. The fourth-order valence-corrected chi connectivity index (χ4v) is 1.86. The van der Waals surface area contributed by atoms with Crippen LogP contribution in [0.5, 0.6) is 5.88 Å². The summed E-state index contributed by atoms with van der Waals surface area (Å²) in [5, 5.41) is 0. The van der Waals surface area contributed by atoms with Crippen molar-refractivity contribution in [1.29, 1.82) is 0 Å². The van der Waals surface area contributed by atoms with E-state index in [2.05, 4.69) is 37.7 Å². The Bertz CT molecular complexity index is 586. The third kappa shape index (κ3) is 2.50. The van der Waals surface area contributed by atoms with Gasteiger partial charge in [-0.15, -0.1) is 0 Å². The Labute approximate surface area is 113 Å². The Hall–Kier alpha value is -1.78. The summed E-state index contributed by atoms with van der Waals surface area (Å²) in [6.45, 7) is 9.66. The quantitative estimate of drug-likeness (QED) is 0.920. The molecule has 0 amide bonds. The topological polar surface area (TPSA) is 66.0 Å². The van der Waals surface area contributed by atoms with Crippen molar-refractivity contribution in [2.45, 2.75) is 34.2 Å². The Morgan fingerprint density at radius 2 is 2.00 bits per heavy atom. The minimum atomic E-state index is 0.118. The molecule has 0 fully saturated rings. The molecule has 0 saturated heterocycles. The van der Waals surface area contributed by atoms with E-state index >= 15 is 0 Å². The molecule has 5 nitrogen and oxygen atoms in total. The molecule has 2 rings (SSSR count). The maximum atomic E-state index is 6.02. The zero-order chi connectivity index (χ0) is 14.2. The molecule has 0 spiro atoms. The van der Waals surface area contributed by atoms with Crippen LogP contribution in [0.3, 0.4) is 0 Å². The van der Waals surface area contributed by atoms with Gasteiger partial charge in [0.15, 0.2) is 5.65 Å². The van der Waals surface area contributed by atoms with Crippen molar-refractivity contribution in [2.24, 2.45) is 11.3 Å². The van der Waals surface area contributed by atoms with Crippen LogP contribution in [0.25, 0.3) is 11.2 Å². The summed E-state index contributed by atoms with van der Waals surface area (Å²) in [5.74, 6) is 1.62. The van der Waals surface area contributed by atoms with E-state index in [1.165, 1.54) is 0 Å². The zero-order valence-electron chi connectivity index (χ0n) is 12.3. The number of nitrogens with zero attached hydrogens (tertiary/aromatic N) is 3. The molecule has 0 atom stereocenters. The maximum absolute atomic E-state index is 6.02. The molecule has 0 aliphatic heterocycles. The van der Waals surface area contributed by atoms with Gasteiger partial charge in [-0.1, -0.05) is 27.7 Å². The summed E-state index contributed by atoms with van der Waals surface area (Å²) in [7, 11) is 1.61. The lowest BCUT2D eigenvalue weighted by Gasteiger charge is -2.30. The highest BCUT2D eigenvalue weighted by molar-refractivity contribution is 5.74. The van der Waals surface area contributed by atoms with Crippen LogP contribution in [0.2, 0.25) is 0 Å². The molecule has 2 N–H and O–H groups in total. The predicted molar refractivity (Wildman–Crippen MR) is 77.1 cm³/mol. The van der Waals surface area contributed by atoms with Gasteiger partial charge in [-0.3, -0.25) is 4.57 Å². The molecule has 2 aromatic rings. The second-order valence-corrected chi connectivity index (χ2v) is 5.90. The molecular weight excluding hydrogens is 240 g/mol. The van der Waals surface area contributed by atoms with Crippen LogP contribution in [-0.2, 0) is 6.54 Å². The van der Waals surface area contributed by atoms with Crippen LogP contribution in [0.1, 0.15) is 27.7 Å². The van der Waals surface area contributed by atoms with Gasteiger partial charge in [-0.2, -0.15) is 4.98 Å². The molecule has 0 aromatic carbocycles. The van der Waals surface area contributed by atoms with E-state index in [4.69, 9.17) is 10.5 Å². The molecule has 0 aliphatic carbocycles. The third-order valence-corrected chi connectivity index (χ3v) is 3.93. The maximum Gasteiger partial charge on any atom is 0.215 e. The van der Waals surface area contributed by atoms with Gasteiger partial charge in [-0.25, -0.2) is 4.98 Å². The fraction of sp³-hybridized carbons (Fsp3) is 0.571. The average Bonchev–Trinajstić information content (AvgIpc) is 2.64. The van der Waals surface area contributed by atoms with E-state index in [1.54, 1.807) is 13.2 Å². The fourth-order valence-electron chi connectivity index (χ4n) is 1.86. The molecule has 0 bridgehead atoms. The van der Waals surface area contributed by atoms with Crippen molar-refractivity contribution < 1.29 is 4.74 Å². The van der Waals surface area contributed by atoms with Crippen molar-refractivity contribution in [3.63, 3.8) is 0 Å². The molecule has 104 valence electrons. The van der Waals surface area contributed by atoms with Crippen molar-refractivity contribution in [2.75, 3.05) is 12.8 Å². The Morgan fingerprint density at radius 1 is 1.32 bits per heavy atom. The molecular formula is C14H22N4O. The van der Waals surface area contributed by atoms with Gasteiger partial charge in [0.2, 0.25) is 11.8 Å². The lowest BCUT2D eigenvalue weighted by atomic mass is 9.81. The third-order valence-electron chi connectivity index (χ3n) is 3.93. The van der Waals surface area contributed by atoms with Crippen LogP contribution in [-0.4, -0.2) is 21.6 Å². The lowest BCUT2D eigenvalue weighted by Crippen LogP contribution is -2.26. The summed E-state index contributed by atoms with van der Waals surface area (Å²) in [6, 6.07) is 3.68. The minimum absolute atomic E-state index is 0.118. The van der Waals surface area contributed by atoms with Crippen LogP contribution in [0.15, 0.2) is 12.1 Å². The van der Waals surface area contributed by atoms with Crippen molar-refractivity contribution in [3.05, 3.63) is 12.1 Å². The van der Waals surface area contributed by atoms with Gasteiger partial charge in [0.25, 0.3) is 0 Å². The van der Waals surface area contributed by atoms with E-state index in [9.17, 15) is 0 Å². The van der Waals surface area contributed by atoms with Gasteiger partial charge >= 0.3 is 0 Å². The number of nitrogens with two attached hydrogens (primary N) is 1. The molecule has 2 heterocycles. The van der Waals surface area contributed by atoms with E-state index in [0.717, 1.165) is 17.7 Å². The minimum Gasteiger partial charge on any atom is -0.481 e. The van der Waals surface area contributed by atoms with Crippen LogP contribution in [0.4, 0.5) is 5.95 Å². The van der Waals surface area contributed by atoms with Gasteiger partial charge in [0, 0.05) is 12.6 Å². The first-order chi connectivity index (χ1) is 8.85. The number of hydrogen-bond donors (Lipinski definition) is 1. The largest absolute Gasteiger partial charge is 0.481 e. The summed E-state index contributed by atoms with van der Waals surface area (Å²) in [6.07, 6.45) is 0. The molecule has 0 saturated carbocycles. The highest BCUT2D eigenvalue weighted by Crippen LogP contribution is 2.31. The molecule has 19 heavy (non-hydrogen) atoms. The number of imidazole rings is 1. The summed E-state index contributed by atoms with van der Waals surface area (Å²) < 4.78 is 7.14. The van der Waals surface area contributed by atoms with Gasteiger partial charge in [0.05, 0.1) is 7.11 Å². The molecule has 0 aliphatic rings. The van der Waals surface area contributed by atoms with E-state index < -0.39 is 0 Å². The second-order valence-electron chi connectivity index (χ2n) is 5.90. The Morgan fingerprint density at radius 3 is 2.58 bits per heavy atom. The molecule has 0 unspecified atom stereocenters. The van der Waals surface area contributed by atoms with Gasteiger partial charge < -0.3 is 10.5 Å². The molecule has 5 heteroatoms. The summed E-state index contributed by atoms with van der Waals surface area (Å²) >= 11 is 0. The van der Waals surface area contributed by atoms with Crippen LogP contribution >= 0.6 is 0 Å². The van der Waals surface area contributed by atoms with Crippen LogP contribution < -0.4 is 10.5 Å². The number of hydrogen-bond acceptors (Lipinski definition) is 4. The van der Waals surface area contributed by atoms with E-state index in [1.807, 2.05) is 10.6 Å². The summed E-state index contributed by atoms with van der Waals surface area (Å²) in [5.41, 5.74) is 7.73. The highest BCUT2D eigenvalue weighted by atomic mass is 16.5. The van der Waals surface area contributed by atoms with Gasteiger partial charge in [0.1, 0.15) is 5.52 Å². The zero-order valence-corrected chi connectivity index (χ0v) is 12.3. The number of ether oxygens (including phenoxy) is 1. The highest BCUT2D eigenvalue weighted by Gasteiger charge is 2.25. The Kier molecular flexibility index (Phi) is 3.39. The van der Waals surface area contributed by atoms with Gasteiger partial charge in [-0.05, 0) is 17.4 Å². The average molecular weight is 262 g/mol. The predicted octanol–water partition coefficient (Wildman–Crippen LogP) is 2.70. The number of rotatable bonds is 4. The number of pyridine rings is 1. The summed E-state index contributed by atoms with van der Waals surface area (Å²) in [4.78, 5) is 8.81. The van der Waals surface area contributed by atoms with Crippen molar-refractivity contribution in [1.82, 2.24) is 14.5 Å². The monoisotopic (exact) mass is 262 g/mol. The standard InChI is InChI=1S/C14H22N4O/c1-9(2)14(3,4)8-18-12-10(16-13(18)15)6-7-11(17-12)19-5/h6-7,9H,8H2,1-5H3,(H2,15,16). The number of anilines is 1. The second kappa shape index (κ2) is 4.72. The van der Waals surface area contributed by atoms with Crippen molar-refractivity contribution >= 4 is 17.1 Å². The van der Waals surface area contributed by atoms with E-state index in [-0.39, 0.29) is 5.41 Å². The van der Waals surface area contributed by atoms with Crippen molar-refractivity contribution in [3.8, 4) is 5.88 Å². The molecule has 0 radical (unpaired) electrons.